The standard InChI is InChI=1S/C16H20BrNO2/c17-14-4-1-3-13-15(5-2-8-20-16(13)14)18-12-7-6-11(9-12)10-19/h1,3-4,6-7,11-12,15,18-19H,2,5,8-10H2/t11-,12+,15-/m0/s1. The second-order valence-electron chi connectivity index (χ2n) is 5.54. The van der Waals surface area contributed by atoms with E-state index in [1.807, 2.05) is 6.07 Å². The van der Waals surface area contributed by atoms with Gasteiger partial charge in [0.25, 0.3) is 0 Å². The summed E-state index contributed by atoms with van der Waals surface area (Å²) in [5, 5.41) is 12.9. The van der Waals surface area contributed by atoms with Crippen LogP contribution in [0.15, 0.2) is 34.8 Å². The molecule has 4 heteroatoms. The molecular formula is C16H20BrNO2. The average Bonchev–Trinajstić information content (AvgIpc) is 2.81. The van der Waals surface area contributed by atoms with Crippen LogP contribution in [-0.4, -0.2) is 24.4 Å². The van der Waals surface area contributed by atoms with E-state index in [0.29, 0.717) is 18.0 Å². The van der Waals surface area contributed by atoms with Gasteiger partial charge in [0.1, 0.15) is 5.75 Å². The Balaban J connectivity index is 1.77. The molecule has 1 heterocycles. The highest BCUT2D eigenvalue weighted by atomic mass is 79.9. The van der Waals surface area contributed by atoms with Gasteiger partial charge in [0.2, 0.25) is 0 Å². The molecule has 0 saturated heterocycles. The van der Waals surface area contributed by atoms with E-state index < -0.39 is 0 Å². The Morgan fingerprint density at radius 2 is 2.25 bits per heavy atom. The Morgan fingerprint density at radius 1 is 1.35 bits per heavy atom. The molecule has 2 N–H and O–H groups in total. The van der Waals surface area contributed by atoms with Gasteiger partial charge in [-0.3, -0.25) is 0 Å². The normalized spacial score (nSPS) is 28.8. The molecular weight excluding hydrogens is 318 g/mol. The van der Waals surface area contributed by atoms with Crippen molar-refractivity contribution in [2.45, 2.75) is 31.3 Å². The lowest BCUT2D eigenvalue weighted by Gasteiger charge is -2.23. The third-order valence-electron chi connectivity index (χ3n) is 4.08. The van der Waals surface area contributed by atoms with Gasteiger partial charge < -0.3 is 15.2 Å². The van der Waals surface area contributed by atoms with Crippen molar-refractivity contribution in [2.24, 2.45) is 5.92 Å². The van der Waals surface area contributed by atoms with Crippen LogP contribution in [0.3, 0.4) is 0 Å². The first kappa shape index (κ1) is 14.1. The molecule has 0 radical (unpaired) electrons. The molecule has 0 aromatic heterocycles. The van der Waals surface area contributed by atoms with Crippen molar-refractivity contribution in [3.63, 3.8) is 0 Å². The van der Waals surface area contributed by atoms with Crippen molar-refractivity contribution >= 4 is 15.9 Å². The maximum atomic E-state index is 9.22. The fraction of sp³-hybridized carbons (Fsp3) is 0.500. The molecule has 0 bridgehead atoms. The minimum Gasteiger partial charge on any atom is -0.492 e. The highest BCUT2D eigenvalue weighted by molar-refractivity contribution is 9.10. The van der Waals surface area contributed by atoms with Gasteiger partial charge in [0.05, 0.1) is 11.1 Å². The third kappa shape index (κ3) is 2.92. The minimum absolute atomic E-state index is 0.241. The van der Waals surface area contributed by atoms with Crippen LogP contribution in [0.5, 0.6) is 5.75 Å². The zero-order chi connectivity index (χ0) is 13.9. The number of para-hydroxylation sites is 1. The molecule has 0 unspecified atom stereocenters. The number of rotatable bonds is 3. The number of fused-ring (bicyclic) bond motifs is 1. The number of halogens is 1. The van der Waals surface area contributed by atoms with Gasteiger partial charge in [0, 0.05) is 30.2 Å². The van der Waals surface area contributed by atoms with Gasteiger partial charge in [-0.05, 0) is 41.3 Å². The van der Waals surface area contributed by atoms with Crippen LogP contribution >= 0.6 is 15.9 Å². The van der Waals surface area contributed by atoms with Crippen LogP contribution in [-0.2, 0) is 0 Å². The number of benzene rings is 1. The number of aliphatic hydroxyl groups is 1. The molecule has 108 valence electrons. The lowest BCUT2D eigenvalue weighted by atomic mass is 10.00. The molecule has 3 rings (SSSR count). The van der Waals surface area contributed by atoms with Crippen LogP contribution in [0.1, 0.15) is 30.9 Å². The Labute approximate surface area is 128 Å². The minimum atomic E-state index is 0.241. The van der Waals surface area contributed by atoms with Gasteiger partial charge in [-0.2, -0.15) is 0 Å². The first-order chi connectivity index (χ1) is 9.78. The quantitative estimate of drug-likeness (QED) is 0.832. The maximum Gasteiger partial charge on any atom is 0.138 e. The number of hydrogen-bond acceptors (Lipinski definition) is 3. The molecule has 0 saturated carbocycles. The molecule has 0 amide bonds. The van der Waals surface area contributed by atoms with Gasteiger partial charge >= 0.3 is 0 Å². The van der Waals surface area contributed by atoms with Gasteiger partial charge in [-0.15, -0.1) is 0 Å². The molecule has 2 aliphatic rings. The Bertz CT molecular complexity index is 503. The molecule has 1 aliphatic carbocycles. The number of aliphatic hydroxyl groups excluding tert-OH is 1. The highest BCUT2D eigenvalue weighted by Gasteiger charge is 2.25. The van der Waals surface area contributed by atoms with Crippen LogP contribution in [0, 0.1) is 5.92 Å². The van der Waals surface area contributed by atoms with Crippen molar-refractivity contribution in [2.75, 3.05) is 13.2 Å². The van der Waals surface area contributed by atoms with E-state index in [0.717, 1.165) is 36.1 Å². The number of nitrogens with one attached hydrogen (secondary N) is 1. The largest absolute Gasteiger partial charge is 0.492 e. The SMILES string of the molecule is OC[C@H]1C=C[C@@H](N[C@H]2CCCOc3c(Br)cccc32)C1. The van der Waals surface area contributed by atoms with E-state index in [4.69, 9.17) is 4.74 Å². The number of ether oxygens (including phenoxy) is 1. The first-order valence-corrected chi connectivity index (χ1v) is 8.03. The molecule has 3 atom stereocenters. The smallest absolute Gasteiger partial charge is 0.138 e. The van der Waals surface area contributed by atoms with Crippen molar-refractivity contribution in [3.8, 4) is 5.75 Å². The summed E-state index contributed by atoms with van der Waals surface area (Å²) in [5.74, 6) is 1.28. The molecule has 20 heavy (non-hydrogen) atoms. The Hall–Kier alpha value is -0.840. The van der Waals surface area contributed by atoms with Crippen LogP contribution in [0.4, 0.5) is 0 Å². The highest BCUT2D eigenvalue weighted by Crippen LogP contribution is 2.37. The Kier molecular flexibility index (Phi) is 4.44. The van der Waals surface area contributed by atoms with Gasteiger partial charge in [-0.1, -0.05) is 24.3 Å². The van der Waals surface area contributed by atoms with Crippen molar-refractivity contribution in [1.82, 2.24) is 5.32 Å². The fourth-order valence-corrected chi connectivity index (χ4v) is 3.53. The molecule has 0 spiro atoms. The predicted molar refractivity (Wildman–Crippen MR) is 82.9 cm³/mol. The van der Waals surface area contributed by atoms with E-state index >= 15 is 0 Å². The van der Waals surface area contributed by atoms with Crippen molar-refractivity contribution in [3.05, 3.63) is 40.4 Å². The summed E-state index contributed by atoms with van der Waals surface area (Å²) < 4.78 is 6.90. The summed E-state index contributed by atoms with van der Waals surface area (Å²) in [6.45, 7) is 1.01. The molecule has 3 nitrogen and oxygen atoms in total. The molecule has 1 aromatic carbocycles. The van der Waals surface area contributed by atoms with Crippen LogP contribution < -0.4 is 10.1 Å². The van der Waals surface area contributed by atoms with E-state index in [1.165, 1.54) is 5.56 Å². The summed E-state index contributed by atoms with van der Waals surface area (Å²) >= 11 is 3.58. The van der Waals surface area contributed by atoms with Crippen LogP contribution in [0.2, 0.25) is 0 Å². The zero-order valence-electron chi connectivity index (χ0n) is 11.4. The average molecular weight is 338 g/mol. The number of hydrogen-bond donors (Lipinski definition) is 2. The predicted octanol–water partition coefficient (Wildman–Crippen LogP) is 3.19. The lowest BCUT2D eigenvalue weighted by Crippen LogP contribution is -2.30. The molecule has 1 aromatic rings. The first-order valence-electron chi connectivity index (χ1n) is 7.24. The topological polar surface area (TPSA) is 41.5 Å². The fourth-order valence-electron chi connectivity index (χ4n) is 3.03. The van der Waals surface area contributed by atoms with E-state index in [2.05, 4.69) is 45.5 Å². The van der Waals surface area contributed by atoms with Crippen LogP contribution in [0.25, 0.3) is 0 Å². The van der Waals surface area contributed by atoms with Crippen molar-refractivity contribution < 1.29 is 9.84 Å². The summed E-state index contributed by atoms with van der Waals surface area (Å²) in [6.07, 6.45) is 7.42. The summed E-state index contributed by atoms with van der Waals surface area (Å²) in [7, 11) is 0. The second kappa shape index (κ2) is 6.29. The zero-order valence-corrected chi connectivity index (χ0v) is 13.0. The van der Waals surface area contributed by atoms with Gasteiger partial charge in [0.15, 0.2) is 0 Å². The van der Waals surface area contributed by atoms with E-state index in [1.54, 1.807) is 0 Å². The summed E-state index contributed by atoms with van der Waals surface area (Å²) in [5.41, 5.74) is 1.23. The van der Waals surface area contributed by atoms with Gasteiger partial charge in [-0.25, -0.2) is 0 Å². The second-order valence-corrected chi connectivity index (χ2v) is 6.39. The Morgan fingerprint density at radius 3 is 3.05 bits per heavy atom. The molecule has 0 fully saturated rings. The lowest BCUT2D eigenvalue weighted by molar-refractivity contribution is 0.244. The van der Waals surface area contributed by atoms with E-state index in [9.17, 15) is 5.11 Å². The monoisotopic (exact) mass is 337 g/mol. The third-order valence-corrected chi connectivity index (χ3v) is 4.70. The molecule has 1 aliphatic heterocycles. The summed E-state index contributed by atoms with van der Waals surface area (Å²) in [4.78, 5) is 0. The van der Waals surface area contributed by atoms with Crippen molar-refractivity contribution in [1.29, 1.82) is 0 Å². The van der Waals surface area contributed by atoms with E-state index in [-0.39, 0.29) is 6.61 Å². The summed E-state index contributed by atoms with van der Waals surface area (Å²) in [6, 6.07) is 6.90. The maximum absolute atomic E-state index is 9.22.